The average Bonchev–Trinajstić information content (AvgIpc) is 3.51. The molecule has 6 rings (SSSR count). The van der Waals surface area contributed by atoms with Crippen molar-refractivity contribution in [3.05, 3.63) is 108 Å². The van der Waals surface area contributed by atoms with Gasteiger partial charge in [-0.1, -0.05) is 87.5 Å². The smallest absolute Gasteiger partial charge is 0.227 e. The van der Waals surface area contributed by atoms with E-state index in [0.717, 1.165) is 43.9 Å². The van der Waals surface area contributed by atoms with Crippen molar-refractivity contribution in [3.63, 3.8) is 0 Å². The zero-order valence-corrected chi connectivity index (χ0v) is 21.3. The van der Waals surface area contributed by atoms with Gasteiger partial charge < -0.3 is 4.42 Å². The van der Waals surface area contributed by atoms with E-state index in [0.29, 0.717) is 5.89 Å². The minimum atomic E-state index is 0.122. The molecule has 2 aromatic heterocycles. The SMILES string of the molecule is CC(C)(C)c1ccc2sc(-c3ccc(C=Cc4ccc(-c5nc6ccccc6o5)cc4)cc3)nc2c1. The van der Waals surface area contributed by atoms with Crippen molar-refractivity contribution in [3.8, 4) is 22.0 Å². The largest absolute Gasteiger partial charge is 0.436 e. The molecule has 0 unspecified atom stereocenters. The molecular weight excluding hydrogens is 460 g/mol. The summed E-state index contributed by atoms with van der Waals surface area (Å²) >= 11 is 1.74. The highest BCUT2D eigenvalue weighted by Crippen LogP contribution is 2.33. The van der Waals surface area contributed by atoms with Gasteiger partial charge in [-0.05, 0) is 58.5 Å². The summed E-state index contributed by atoms with van der Waals surface area (Å²) in [4.78, 5) is 9.49. The van der Waals surface area contributed by atoms with E-state index >= 15 is 0 Å². The number of hydrogen-bond donors (Lipinski definition) is 0. The lowest BCUT2D eigenvalue weighted by Gasteiger charge is -2.18. The molecule has 0 aliphatic carbocycles. The number of benzene rings is 4. The first-order chi connectivity index (χ1) is 17.4. The molecule has 0 spiro atoms. The van der Waals surface area contributed by atoms with E-state index in [2.05, 4.69) is 92.5 Å². The Hall–Kier alpha value is -4.02. The van der Waals surface area contributed by atoms with Gasteiger partial charge in [0.2, 0.25) is 5.89 Å². The van der Waals surface area contributed by atoms with E-state index in [1.807, 2.05) is 36.4 Å². The van der Waals surface area contributed by atoms with E-state index in [9.17, 15) is 0 Å². The minimum absolute atomic E-state index is 0.122. The molecular formula is C32H26N2OS. The van der Waals surface area contributed by atoms with E-state index in [-0.39, 0.29) is 5.41 Å². The lowest BCUT2D eigenvalue weighted by molar-refractivity contribution is 0.591. The fourth-order valence-corrected chi connectivity index (χ4v) is 5.13. The molecule has 176 valence electrons. The molecule has 0 amide bonds. The van der Waals surface area contributed by atoms with Crippen molar-refractivity contribution in [2.24, 2.45) is 0 Å². The first-order valence-electron chi connectivity index (χ1n) is 12.1. The van der Waals surface area contributed by atoms with Crippen LogP contribution in [0.1, 0.15) is 37.5 Å². The molecule has 0 saturated heterocycles. The predicted octanol–water partition coefficient (Wildman–Crippen LogP) is 9.24. The summed E-state index contributed by atoms with van der Waals surface area (Å²) in [7, 11) is 0. The van der Waals surface area contributed by atoms with Crippen molar-refractivity contribution >= 4 is 44.8 Å². The van der Waals surface area contributed by atoms with Crippen LogP contribution in [0.3, 0.4) is 0 Å². The van der Waals surface area contributed by atoms with Crippen LogP contribution in [0.2, 0.25) is 0 Å². The summed E-state index contributed by atoms with van der Waals surface area (Å²) < 4.78 is 7.10. The lowest BCUT2D eigenvalue weighted by atomic mass is 9.87. The van der Waals surface area contributed by atoms with E-state index < -0.39 is 0 Å². The molecule has 4 heteroatoms. The van der Waals surface area contributed by atoms with Crippen molar-refractivity contribution in [1.29, 1.82) is 0 Å². The Kier molecular flexibility index (Phi) is 5.54. The van der Waals surface area contributed by atoms with Crippen molar-refractivity contribution in [1.82, 2.24) is 9.97 Å². The first-order valence-corrected chi connectivity index (χ1v) is 12.9. The van der Waals surface area contributed by atoms with Gasteiger partial charge >= 0.3 is 0 Å². The maximum atomic E-state index is 5.88. The average molecular weight is 487 g/mol. The molecule has 0 N–H and O–H groups in total. The topological polar surface area (TPSA) is 38.9 Å². The highest BCUT2D eigenvalue weighted by Gasteiger charge is 2.15. The van der Waals surface area contributed by atoms with Gasteiger partial charge in [0.1, 0.15) is 10.5 Å². The predicted molar refractivity (Wildman–Crippen MR) is 152 cm³/mol. The number of oxazole rings is 1. The Morgan fingerprint density at radius 1 is 0.694 bits per heavy atom. The number of fused-ring (bicyclic) bond motifs is 2. The second-order valence-electron chi connectivity index (χ2n) is 10.0. The maximum Gasteiger partial charge on any atom is 0.227 e. The molecule has 0 aliphatic heterocycles. The molecule has 0 saturated carbocycles. The van der Waals surface area contributed by atoms with Crippen LogP contribution in [0.15, 0.2) is 95.4 Å². The van der Waals surface area contributed by atoms with Gasteiger partial charge in [-0.25, -0.2) is 9.97 Å². The Morgan fingerprint density at radius 3 is 2.03 bits per heavy atom. The van der Waals surface area contributed by atoms with Gasteiger partial charge in [-0.15, -0.1) is 11.3 Å². The number of aromatic nitrogens is 2. The fraction of sp³-hybridized carbons (Fsp3) is 0.125. The third kappa shape index (κ3) is 4.48. The molecule has 4 aromatic carbocycles. The Bertz CT molecular complexity index is 1670. The maximum absolute atomic E-state index is 5.88. The van der Waals surface area contributed by atoms with Crippen molar-refractivity contribution in [2.45, 2.75) is 26.2 Å². The Labute approximate surface area is 214 Å². The molecule has 2 heterocycles. The molecule has 0 bridgehead atoms. The number of nitrogens with zero attached hydrogens (tertiary/aromatic N) is 2. The summed E-state index contributed by atoms with van der Waals surface area (Å²) in [5.74, 6) is 0.645. The van der Waals surface area contributed by atoms with Gasteiger partial charge in [0.25, 0.3) is 0 Å². The molecule has 0 aliphatic rings. The number of hydrogen-bond acceptors (Lipinski definition) is 4. The van der Waals surface area contributed by atoms with Crippen LogP contribution in [0, 0.1) is 0 Å². The van der Waals surface area contributed by atoms with Gasteiger partial charge in [0.15, 0.2) is 5.58 Å². The summed E-state index contributed by atoms with van der Waals surface area (Å²) in [5, 5.41) is 1.06. The normalized spacial score (nSPS) is 12.2. The van der Waals surface area contributed by atoms with Gasteiger partial charge in [-0.3, -0.25) is 0 Å². The summed E-state index contributed by atoms with van der Waals surface area (Å²) in [6.45, 7) is 6.71. The summed E-state index contributed by atoms with van der Waals surface area (Å²) in [6, 6.07) is 31.3. The van der Waals surface area contributed by atoms with Crippen LogP contribution in [0.25, 0.3) is 55.5 Å². The van der Waals surface area contributed by atoms with E-state index in [1.165, 1.54) is 10.3 Å². The minimum Gasteiger partial charge on any atom is -0.436 e. The van der Waals surface area contributed by atoms with Crippen LogP contribution in [0.4, 0.5) is 0 Å². The lowest BCUT2D eigenvalue weighted by Crippen LogP contribution is -2.10. The van der Waals surface area contributed by atoms with Gasteiger partial charge in [0.05, 0.1) is 10.2 Å². The second-order valence-corrected chi connectivity index (χ2v) is 11.0. The number of para-hydroxylation sites is 2. The monoisotopic (exact) mass is 486 g/mol. The van der Waals surface area contributed by atoms with Gasteiger partial charge in [0, 0.05) is 11.1 Å². The molecule has 0 radical (unpaired) electrons. The van der Waals surface area contributed by atoms with Crippen LogP contribution in [-0.4, -0.2) is 9.97 Å². The van der Waals surface area contributed by atoms with E-state index in [1.54, 1.807) is 11.3 Å². The fourth-order valence-electron chi connectivity index (χ4n) is 4.18. The molecule has 0 atom stereocenters. The third-order valence-electron chi connectivity index (χ3n) is 6.33. The van der Waals surface area contributed by atoms with Crippen LogP contribution >= 0.6 is 11.3 Å². The Balaban J connectivity index is 1.18. The highest BCUT2D eigenvalue weighted by molar-refractivity contribution is 7.21. The number of rotatable bonds is 4. The van der Waals surface area contributed by atoms with Crippen LogP contribution in [0.5, 0.6) is 0 Å². The number of thiazole rings is 1. The summed E-state index contributed by atoms with van der Waals surface area (Å²) in [5.41, 5.74) is 8.59. The van der Waals surface area contributed by atoms with Crippen LogP contribution < -0.4 is 0 Å². The second kappa shape index (κ2) is 8.89. The molecule has 3 nitrogen and oxygen atoms in total. The van der Waals surface area contributed by atoms with Crippen molar-refractivity contribution in [2.75, 3.05) is 0 Å². The zero-order chi connectivity index (χ0) is 24.7. The first kappa shape index (κ1) is 22.4. The Morgan fingerprint density at radius 2 is 1.36 bits per heavy atom. The van der Waals surface area contributed by atoms with Crippen molar-refractivity contribution < 1.29 is 4.42 Å². The van der Waals surface area contributed by atoms with Gasteiger partial charge in [-0.2, -0.15) is 0 Å². The molecule has 36 heavy (non-hydrogen) atoms. The van der Waals surface area contributed by atoms with Crippen LogP contribution in [-0.2, 0) is 5.41 Å². The molecule has 0 fully saturated rings. The standard InChI is InChI=1S/C32H26N2OS/c1-32(2,3)25-18-19-29-27(20-25)34-31(36-29)24-16-12-22(13-17-24)9-8-21-10-14-23(15-11-21)30-33-26-6-4-5-7-28(26)35-30/h4-20H,1-3H3. The van der Waals surface area contributed by atoms with E-state index in [4.69, 9.17) is 9.40 Å². The highest BCUT2D eigenvalue weighted by atomic mass is 32.1. The third-order valence-corrected chi connectivity index (χ3v) is 7.42. The summed E-state index contributed by atoms with van der Waals surface area (Å²) in [6.07, 6.45) is 4.25. The zero-order valence-electron chi connectivity index (χ0n) is 20.5. The quantitative estimate of drug-likeness (QED) is 0.233. The molecule has 6 aromatic rings.